The van der Waals surface area contributed by atoms with Crippen molar-refractivity contribution in [3.8, 4) is 17.2 Å². The van der Waals surface area contributed by atoms with Crippen molar-refractivity contribution in [3.05, 3.63) is 41.2 Å². The van der Waals surface area contributed by atoms with Gasteiger partial charge < -0.3 is 9.64 Å². The molecular weight excluding hydrogens is 316 g/mol. The minimum atomic E-state index is -0.513. The number of ether oxygens (including phenoxy) is 1. The average molecular weight is 338 g/mol. The van der Waals surface area contributed by atoms with Gasteiger partial charge >= 0.3 is 6.09 Å². The van der Waals surface area contributed by atoms with Crippen molar-refractivity contribution in [1.29, 1.82) is 5.26 Å². The SMILES string of the molecule is Cc1cc(C#N)ccc1-c1cnn2c1CN(C(=O)OC(C)(C)C)CC2. The number of aryl methyl sites for hydroxylation is 1. The molecular formula is C19H22N4O2. The Bertz CT molecular complexity index is 855. The lowest BCUT2D eigenvalue weighted by Crippen LogP contribution is -2.41. The van der Waals surface area contributed by atoms with Crippen LogP contribution in [0.4, 0.5) is 4.79 Å². The topological polar surface area (TPSA) is 71.2 Å². The Morgan fingerprint density at radius 1 is 1.28 bits per heavy atom. The first-order valence-corrected chi connectivity index (χ1v) is 8.32. The Kier molecular flexibility index (Phi) is 4.25. The number of hydrogen-bond acceptors (Lipinski definition) is 4. The van der Waals surface area contributed by atoms with Gasteiger partial charge in [0.25, 0.3) is 0 Å². The molecule has 0 N–H and O–H groups in total. The van der Waals surface area contributed by atoms with E-state index in [4.69, 9.17) is 10.00 Å². The maximum Gasteiger partial charge on any atom is 0.410 e. The molecule has 1 aromatic carbocycles. The van der Waals surface area contributed by atoms with Crippen LogP contribution < -0.4 is 0 Å². The van der Waals surface area contributed by atoms with Crippen molar-refractivity contribution in [2.45, 2.75) is 46.4 Å². The van der Waals surface area contributed by atoms with Crippen LogP contribution >= 0.6 is 0 Å². The lowest BCUT2D eigenvalue weighted by Gasteiger charge is -2.31. The third-order valence-corrected chi connectivity index (χ3v) is 4.17. The summed E-state index contributed by atoms with van der Waals surface area (Å²) >= 11 is 0. The standard InChI is InChI=1S/C19H22N4O2/c1-13-9-14(10-20)5-6-15(13)16-11-21-23-8-7-22(12-17(16)23)18(24)25-19(2,3)4/h5-6,9,11H,7-8,12H2,1-4H3. The second-order valence-corrected chi connectivity index (χ2v) is 7.27. The summed E-state index contributed by atoms with van der Waals surface area (Å²) in [7, 11) is 0. The van der Waals surface area contributed by atoms with Crippen molar-refractivity contribution in [2.24, 2.45) is 0 Å². The van der Waals surface area contributed by atoms with Gasteiger partial charge in [-0.1, -0.05) is 6.07 Å². The molecule has 2 aromatic rings. The number of aromatic nitrogens is 2. The van der Waals surface area contributed by atoms with Crippen LogP contribution in [-0.4, -0.2) is 32.9 Å². The third-order valence-electron chi connectivity index (χ3n) is 4.17. The third kappa shape index (κ3) is 3.50. The molecule has 130 valence electrons. The number of nitrogens with zero attached hydrogens (tertiary/aromatic N) is 4. The Labute approximate surface area is 147 Å². The maximum atomic E-state index is 12.4. The number of rotatable bonds is 1. The fourth-order valence-corrected chi connectivity index (χ4v) is 2.99. The Hall–Kier alpha value is -2.81. The first-order chi connectivity index (χ1) is 11.8. The summed E-state index contributed by atoms with van der Waals surface area (Å²) in [5, 5.41) is 13.5. The van der Waals surface area contributed by atoms with Crippen molar-refractivity contribution in [2.75, 3.05) is 6.54 Å². The summed E-state index contributed by atoms with van der Waals surface area (Å²) in [4.78, 5) is 14.1. The van der Waals surface area contributed by atoms with Gasteiger partial charge in [0.2, 0.25) is 0 Å². The molecule has 0 spiro atoms. The minimum Gasteiger partial charge on any atom is -0.444 e. The van der Waals surface area contributed by atoms with Crippen LogP contribution in [0.1, 0.15) is 37.6 Å². The van der Waals surface area contributed by atoms with E-state index in [9.17, 15) is 4.79 Å². The predicted molar refractivity (Wildman–Crippen MR) is 93.8 cm³/mol. The summed E-state index contributed by atoms with van der Waals surface area (Å²) in [6.07, 6.45) is 1.53. The highest BCUT2D eigenvalue weighted by molar-refractivity contribution is 5.72. The van der Waals surface area contributed by atoms with Crippen molar-refractivity contribution < 1.29 is 9.53 Å². The van der Waals surface area contributed by atoms with Crippen molar-refractivity contribution >= 4 is 6.09 Å². The van der Waals surface area contributed by atoms with E-state index in [1.165, 1.54) is 0 Å². The number of benzene rings is 1. The zero-order chi connectivity index (χ0) is 18.2. The second kappa shape index (κ2) is 6.25. The van der Waals surface area contributed by atoms with Gasteiger partial charge in [0.05, 0.1) is 36.6 Å². The zero-order valence-electron chi connectivity index (χ0n) is 15.0. The average Bonchev–Trinajstić information content (AvgIpc) is 2.96. The summed E-state index contributed by atoms with van der Waals surface area (Å²) in [5.74, 6) is 0. The van der Waals surface area contributed by atoms with Crippen LogP contribution in [0.5, 0.6) is 0 Å². The first kappa shape index (κ1) is 17.0. The summed E-state index contributed by atoms with van der Waals surface area (Å²) < 4.78 is 7.43. The summed E-state index contributed by atoms with van der Waals surface area (Å²) in [6, 6.07) is 7.77. The van der Waals surface area contributed by atoms with E-state index in [0.29, 0.717) is 25.2 Å². The Morgan fingerprint density at radius 2 is 2.04 bits per heavy atom. The molecule has 6 heteroatoms. The zero-order valence-corrected chi connectivity index (χ0v) is 15.0. The molecule has 0 saturated carbocycles. The Morgan fingerprint density at radius 3 is 2.68 bits per heavy atom. The lowest BCUT2D eigenvalue weighted by molar-refractivity contribution is 0.0195. The van der Waals surface area contributed by atoms with E-state index in [-0.39, 0.29) is 6.09 Å². The molecule has 25 heavy (non-hydrogen) atoms. The highest BCUT2D eigenvalue weighted by atomic mass is 16.6. The monoisotopic (exact) mass is 338 g/mol. The molecule has 1 aliphatic heterocycles. The number of fused-ring (bicyclic) bond motifs is 1. The van der Waals surface area contributed by atoms with Gasteiger partial charge in [-0.3, -0.25) is 4.68 Å². The molecule has 0 atom stereocenters. The van der Waals surface area contributed by atoms with Gasteiger partial charge in [0.1, 0.15) is 5.60 Å². The van der Waals surface area contributed by atoms with Crippen LogP contribution in [0, 0.1) is 18.3 Å². The van der Waals surface area contributed by atoms with E-state index < -0.39 is 5.60 Å². The van der Waals surface area contributed by atoms with Crippen molar-refractivity contribution in [3.63, 3.8) is 0 Å². The quantitative estimate of drug-likeness (QED) is 0.798. The fraction of sp³-hybridized carbons (Fsp3) is 0.421. The number of nitriles is 1. The van der Waals surface area contributed by atoms with Crippen LogP contribution in [-0.2, 0) is 17.8 Å². The molecule has 0 unspecified atom stereocenters. The smallest absolute Gasteiger partial charge is 0.410 e. The molecule has 0 bridgehead atoms. The highest BCUT2D eigenvalue weighted by Gasteiger charge is 2.28. The molecule has 0 aliphatic carbocycles. The van der Waals surface area contributed by atoms with E-state index in [1.54, 1.807) is 11.0 Å². The molecule has 1 aliphatic rings. The number of carbonyl (C=O) groups excluding carboxylic acids is 1. The lowest BCUT2D eigenvalue weighted by atomic mass is 9.98. The van der Waals surface area contributed by atoms with Gasteiger partial charge in [0, 0.05) is 12.1 Å². The maximum absolute atomic E-state index is 12.4. The molecule has 0 fully saturated rings. The number of amides is 1. The van der Waals surface area contributed by atoms with Gasteiger partial charge in [-0.2, -0.15) is 10.4 Å². The largest absolute Gasteiger partial charge is 0.444 e. The van der Waals surface area contributed by atoms with Gasteiger partial charge in [-0.05, 0) is 51.0 Å². The summed E-state index contributed by atoms with van der Waals surface area (Å²) in [5.41, 5.74) is 4.16. The molecule has 1 aromatic heterocycles. The number of hydrogen-bond donors (Lipinski definition) is 0. The molecule has 3 rings (SSSR count). The number of carbonyl (C=O) groups is 1. The fourth-order valence-electron chi connectivity index (χ4n) is 2.99. The second-order valence-electron chi connectivity index (χ2n) is 7.27. The van der Waals surface area contributed by atoms with Crippen LogP contribution in [0.15, 0.2) is 24.4 Å². The van der Waals surface area contributed by atoms with Crippen LogP contribution in [0.2, 0.25) is 0 Å². The van der Waals surface area contributed by atoms with E-state index in [1.807, 2.05) is 50.7 Å². The predicted octanol–water partition coefficient (Wildman–Crippen LogP) is 3.48. The molecule has 6 nitrogen and oxygen atoms in total. The summed E-state index contributed by atoms with van der Waals surface area (Å²) in [6.45, 7) is 9.26. The first-order valence-electron chi connectivity index (χ1n) is 8.32. The van der Waals surface area contributed by atoms with Crippen LogP contribution in [0.25, 0.3) is 11.1 Å². The van der Waals surface area contributed by atoms with Crippen LogP contribution in [0.3, 0.4) is 0 Å². The van der Waals surface area contributed by atoms with Crippen molar-refractivity contribution in [1.82, 2.24) is 14.7 Å². The van der Waals surface area contributed by atoms with E-state index >= 15 is 0 Å². The minimum absolute atomic E-state index is 0.303. The highest BCUT2D eigenvalue weighted by Crippen LogP contribution is 2.30. The van der Waals surface area contributed by atoms with Gasteiger partial charge in [-0.15, -0.1) is 0 Å². The molecule has 0 saturated heterocycles. The van der Waals surface area contributed by atoms with Gasteiger partial charge in [-0.25, -0.2) is 4.79 Å². The van der Waals surface area contributed by atoms with Gasteiger partial charge in [0.15, 0.2) is 0 Å². The van der Waals surface area contributed by atoms with E-state index in [0.717, 1.165) is 22.4 Å². The van der Waals surface area contributed by atoms with E-state index in [2.05, 4.69) is 11.2 Å². The molecule has 0 radical (unpaired) electrons. The Balaban J connectivity index is 1.90. The normalized spacial score (nSPS) is 14.0. The molecule has 2 heterocycles. The molecule has 1 amide bonds.